The topological polar surface area (TPSA) is 42.1 Å². The second kappa shape index (κ2) is 12.0. The van der Waals surface area contributed by atoms with E-state index < -0.39 is 0 Å². The molecule has 3 heterocycles. The zero-order valence-electron chi connectivity index (χ0n) is 23.0. The molecule has 2 saturated heterocycles. The molecule has 2 bridgehead atoms. The van der Waals surface area contributed by atoms with E-state index in [-0.39, 0.29) is 18.1 Å². The summed E-state index contributed by atoms with van der Waals surface area (Å²) in [5, 5.41) is 5.07. The van der Waals surface area contributed by atoms with Gasteiger partial charge >= 0.3 is 0 Å². The van der Waals surface area contributed by atoms with Gasteiger partial charge in [-0.1, -0.05) is 59.6 Å². The van der Waals surface area contributed by atoms with E-state index in [4.69, 9.17) is 23.2 Å². The summed E-state index contributed by atoms with van der Waals surface area (Å²) >= 11 is 12.6. The number of anilines is 2. The van der Waals surface area contributed by atoms with Crippen LogP contribution in [0.15, 0.2) is 72.8 Å². The summed E-state index contributed by atoms with van der Waals surface area (Å²) in [5.41, 5.74) is 4.54. The average Bonchev–Trinajstić information content (AvgIpc) is 3.53. The number of benzene rings is 3. The first kappa shape index (κ1) is 27.4. The van der Waals surface area contributed by atoms with Crippen molar-refractivity contribution in [3.05, 3.63) is 94.0 Å². The monoisotopic (exact) mass is 577 g/mol. The Hall–Kier alpha value is -2.77. The Labute approximate surface area is 247 Å². The molecule has 3 aliphatic rings. The van der Waals surface area contributed by atoms with Gasteiger partial charge in [-0.05, 0) is 80.9 Å². The minimum absolute atomic E-state index is 0.0343. The SMILES string of the molecule is CN(CC(CCN1CCC(NC2N3CCN2c2ccccc23)CC1)c1ccc(Cl)c(Cl)c1)C(=O)c1ccccc1. The Balaban J connectivity index is 1.05. The lowest BCUT2D eigenvalue weighted by molar-refractivity contribution is 0.0781. The first-order valence-electron chi connectivity index (χ1n) is 14.3. The van der Waals surface area contributed by atoms with Crippen LogP contribution in [0, 0.1) is 0 Å². The molecule has 3 aromatic rings. The second-order valence-electron chi connectivity index (χ2n) is 11.2. The summed E-state index contributed by atoms with van der Waals surface area (Å²) in [6.45, 7) is 5.93. The summed E-state index contributed by atoms with van der Waals surface area (Å²) < 4.78 is 0. The van der Waals surface area contributed by atoms with Gasteiger partial charge in [0.15, 0.2) is 6.29 Å². The predicted octanol–water partition coefficient (Wildman–Crippen LogP) is 5.92. The van der Waals surface area contributed by atoms with Crippen molar-refractivity contribution in [3.8, 4) is 0 Å². The molecule has 1 N–H and O–H groups in total. The van der Waals surface area contributed by atoms with Gasteiger partial charge in [0.1, 0.15) is 0 Å². The van der Waals surface area contributed by atoms with Gasteiger partial charge in [-0.25, -0.2) is 0 Å². The van der Waals surface area contributed by atoms with Crippen molar-refractivity contribution in [2.24, 2.45) is 0 Å². The van der Waals surface area contributed by atoms with Crippen molar-refractivity contribution in [2.45, 2.75) is 37.5 Å². The number of para-hydroxylation sites is 2. The molecule has 6 rings (SSSR count). The number of hydrogen-bond acceptors (Lipinski definition) is 5. The number of piperidine rings is 1. The predicted molar refractivity (Wildman–Crippen MR) is 165 cm³/mol. The standard InChI is InChI=1S/C32H37Cl2N5O/c1-36(31(40)23-7-3-2-4-8-23)22-25(24-11-12-27(33)28(34)21-24)13-16-37-17-14-26(15-18-37)35-32-38-19-20-39(32)30-10-6-5-9-29(30)38/h2-12,21,25-26,32,35H,13-20,22H2,1H3. The Morgan fingerprint density at radius 3 is 2.20 bits per heavy atom. The highest BCUT2D eigenvalue weighted by Gasteiger charge is 2.41. The molecule has 1 amide bonds. The highest BCUT2D eigenvalue weighted by Crippen LogP contribution is 2.42. The number of likely N-dealkylation sites (tertiary alicyclic amines) is 1. The van der Waals surface area contributed by atoms with Crippen molar-refractivity contribution in [1.82, 2.24) is 15.1 Å². The molecule has 1 atom stereocenters. The van der Waals surface area contributed by atoms with Crippen LogP contribution in [-0.2, 0) is 0 Å². The van der Waals surface area contributed by atoms with Crippen molar-refractivity contribution in [2.75, 3.05) is 56.1 Å². The fourth-order valence-electron chi connectivity index (χ4n) is 6.48. The van der Waals surface area contributed by atoms with Gasteiger partial charge in [-0.3, -0.25) is 10.1 Å². The van der Waals surface area contributed by atoms with Crippen LogP contribution in [0.3, 0.4) is 0 Å². The molecular weight excluding hydrogens is 541 g/mol. The van der Waals surface area contributed by atoms with E-state index in [1.54, 1.807) is 0 Å². The number of carbonyl (C=O) groups excluding carboxylic acids is 1. The largest absolute Gasteiger partial charge is 0.341 e. The van der Waals surface area contributed by atoms with E-state index >= 15 is 0 Å². The summed E-state index contributed by atoms with van der Waals surface area (Å²) in [5.74, 6) is 0.198. The summed E-state index contributed by atoms with van der Waals surface area (Å²) in [4.78, 5) is 22.5. The quantitative estimate of drug-likeness (QED) is 0.342. The van der Waals surface area contributed by atoms with E-state index in [1.807, 2.05) is 54.4 Å². The van der Waals surface area contributed by atoms with Gasteiger partial charge in [-0.15, -0.1) is 0 Å². The van der Waals surface area contributed by atoms with Gasteiger partial charge in [0.25, 0.3) is 5.91 Å². The van der Waals surface area contributed by atoms with Crippen LogP contribution in [-0.4, -0.2) is 74.4 Å². The lowest BCUT2D eigenvalue weighted by Crippen LogP contribution is -2.53. The molecule has 8 heteroatoms. The molecule has 2 fully saturated rings. The fourth-order valence-corrected chi connectivity index (χ4v) is 6.79. The molecule has 3 aliphatic heterocycles. The van der Waals surface area contributed by atoms with Crippen LogP contribution in [0.25, 0.3) is 0 Å². The number of rotatable bonds is 9. The highest BCUT2D eigenvalue weighted by atomic mass is 35.5. The van der Waals surface area contributed by atoms with Crippen LogP contribution in [0.5, 0.6) is 0 Å². The molecular formula is C32H37Cl2N5O. The van der Waals surface area contributed by atoms with Crippen molar-refractivity contribution in [1.29, 1.82) is 0 Å². The zero-order valence-corrected chi connectivity index (χ0v) is 24.5. The lowest BCUT2D eigenvalue weighted by atomic mass is 9.94. The number of nitrogens with one attached hydrogen (secondary N) is 1. The highest BCUT2D eigenvalue weighted by molar-refractivity contribution is 6.42. The summed E-state index contributed by atoms with van der Waals surface area (Å²) in [7, 11) is 1.89. The average molecular weight is 579 g/mol. The number of hydrogen-bond donors (Lipinski definition) is 1. The third kappa shape index (κ3) is 5.68. The molecule has 0 aliphatic carbocycles. The maximum Gasteiger partial charge on any atom is 0.253 e. The van der Waals surface area contributed by atoms with Gasteiger partial charge in [0.05, 0.1) is 21.4 Å². The van der Waals surface area contributed by atoms with Crippen molar-refractivity contribution < 1.29 is 4.79 Å². The van der Waals surface area contributed by atoms with Crippen LogP contribution in [0.4, 0.5) is 11.4 Å². The first-order valence-corrected chi connectivity index (χ1v) is 15.1. The van der Waals surface area contributed by atoms with Crippen LogP contribution < -0.4 is 15.1 Å². The van der Waals surface area contributed by atoms with Crippen LogP contribution >= 0.6 is 23.2 Å². The van der Waals surface area contributed by atoms with Crippen molar-refractivity contribution in [3.63, 3.8) is 0 Å². The number of nitrogens with zero attached hydrogens (tertiary/aromatic N) is 4. The number of carbonyl (C=O) groups is 1. The molecule has 210 valence electrons. The Morgan fingerprint density at radius 1 is 0.900 bits per heavy atom. The van der Waals surface area contributed by atoms with Gasteiger partial charge in [0.2, 0.25) is 0 Å². The van der Waals surface area contributed by atoms with Crippen molar-refractivity contribution >= 4 is 40.5 Å². The lowest BCUT2D eigenvalue weighted by Gasteiger charge is -2.36. The van der Waals surface area contributed by atoms with Crippen LogP contribution in [0.2, 0.25) is 10.0 Å². The third-order valence-corrected chi connectivity index (χ3v) is 9.45. The Morgan fingerprint density at radius 2 is 1.55 bits per heavy atom. The Bertz CT molecular complexity index is 1300. The van der Waals surface area contributed by atoms with Gasteiger partial charge in [-0.2, -0.15) is 0 Å². The smallest absolute Gasteiger partial charge is 0.253 e. The molecule has 6 nitrogen and oxygen atoms in total. The van der Waals surface area contributed by atoms with E-state index in [2.05, 4.69) is 50.3 Å². The molecule has 0 spiro atoms. The molecule has 40 heavy (non-hydrogen) atoms. The molecule has 0 radical (unpaired) electrons. The van der Waals surface area contributed by atoms with Gasteiger partial charge < -0.3 is 19.6 Å². The molecule has 1 unspecified atom stereocenters. The molecule has 0 saturated carbocycles. The van der Waals surface area contributed by atoms with Gasteiger partial charge in [0, 0.05) is 44.2 Å². The van der Waals surface area contributed by atoms with Crippen LogP contribution in [0.1, 0.15) is 41.1 Å². The third-order valence-electron chi connectivity index (χ3n) is 8.72. The van der Waals surface area contributed by atoms with E-state index in [9.17, 15) is 4.79 Å². The number of likely N-dealkylation sites (N-methyl/N-ethyl adjacent to an activating group) is 1. The number of fused-ring (bicyclic) bond motifs is 5. The second-order valence-corrected chi connectivity index (χ2v) is 12.1. The molecule has 3 aromatic carbocycles. The molecule has 0 aromatic heterocycles. The maximum absolute atomic E-state index is 13.1. The number of amides is 1. The zero-order chi connectivity index (χ0) is 27.6. The maximum atomic E-state index is 13.1. The summed E-state index contributed by atoms with van der Waals surface area (Å²) in [6, 6.07) is 24.6. The summed E-state index contributed by atoms with van der Waals surface area (Å²) in [6.07, 6.45) is 3.50. The minimum Gasteiger partial charge on any atom is -0.341 e. The number of halogens is 2. The van der Waals surface area contributed by atoms with E-state index in [1.165, 1.54) is 11.4 Å². The van der Waals surface area contributed by atoms with E-state index in [0.717, 1.165) is 57.5 Å². The van der Waals surface area contributed by atoms with E-state index in [0.29, 0.717) is 28.2 Å². The first-order chi connectivity index (χ1) is 19.5. The Kier molecular flexibility index (Phi) is 8.22. The normalized spacial score (nSPS) is 18.3. The fraction of sp³-hybridized carbons (Fsp3) is 0.406. The minimum atomic E-state index is 0.0343.